The van der Waals surface area contributed by atoms with E-state index in [1.165, 1.54) is 6.20 Å². The Kier molecular flexibility index (Phi) is 3.26. The van der Waals surface area contributed by atoms with Gasteiger partial charge in [-0.2, -0.15) is 0 Å². The summed E-state index contributed by atoms with van der Waals surface area (Å²) in [5, 5.41) is 9.43. The van der Waals surface area contributed by atoms with Crippen LogP contribution in [0.25, 0.3) is 5.69 Å². The molecule has 0 radical (unpaired) electrons. The average Bonchev–Trinajstić information content (AvgIpc) is 2.79. The summed E-state index contributed by atoms with van der Waals surface area (Å²) in [6.07, 6.45) is 1.53. The molecule has 0 unspecified atom stereocenters. The molecule has 0 aliphatic carbocycles. The van der Waals surface area contributed by atoms with E-state index in [9.17, 15) is 5.11 Å². The largest absolute Gasteiger partial charge is 0.493 e. The topological polar surface area (TPSA) is 50.2 Å². The predicted octanol–water partition coefficient (Wildman–Crippen LogP) is 4.03. The summed E-state index contributed by atoms with van der Waals surface area (Å²) in [6, 6.07) is 17.0. The SMILES string of the molecule is Oc1cn(-c2cccc(Oc3ccccc3)c2)c(=S)[nH]1. The molecule has 1 aromatic heterocycles. The number of imidazole rings is 1. The fourth-order valence-corrected chi connectivity index (χ4v) is 2.16. The first-order chi connectivity index (χ1) is 9.72. The zero-order chi connectivity index (χ0) is 13.9. The summed E-state index contributed by atoms with van der Waals surface area (Å²) < 4.78 is 7.88. The van der Waals surface area contributed by atoms with Gasteiger partial charge in [0.2, 0.25) is 5.88 Å². The second kappa shape index (κ2) is 5.22. The molecule has 0 bridgehead atoms. The summed E-state index contributed by atoms with van der Waals surface area (Å²) in [4.78, 5) is 2.67. The van der Waals surface area contributed by atoms with Crippen LogP contribution >= 0.6 is 12.2 Å². The molecule has 3 aromatic rings. The molecule has 2 aromatic carbocycles. The van der Waals surface area contributed by atoms with Crippen LogP contribution in [0.1, 0.15) is 0 Å². The van der Waals surface area contributed by atoms with Crippen molar-refractivity contribution in [1.29, 1.82) is 0 Å². The number of aromatic nitrogens is 2. The first kappa shape index (κ1) is 12.5. The summed E-state index contributed by atoms with van der Waals surface area (Å²) in [7, 11) is 0. The number of nitrogens with zero attached hydrogens (tertiary/aromatic N) is 1. The van der Waals surface area contributed by atoms with Crippen molar-refractivity contribution in [2.24, 2.45) is 0 Å². The molecule has 2 N–H and O–H groups in total. The highest BCUT2D eigenvalue weighted by Crippen LogP contribution is 2.24. The third kappa shape index (κ3) is 2.57. The summed E-state index contributed by atoms with van der Waals surface area (Å²) in [5.74, 6) is 1.51. The highest BCUT2D eigenvalue weighted by atomic mass is 32.1. The van der Waals surface area contributed by atoms with E-state index in [0.717, 1.165) is 11.4 Å². The number of ether oxygens (including phenoxy) is 1. The number of nitrogens with one attached hydrogen (secondary N) is 1. The normalized spacial score (nSPS) is 10.4. The Bertz CT molecular complexity index is 778. The molecule has 0 spiro atoms. The molecule has 0 saturated carbocycles. The van der Waals surface area contributed by atoms with Crippen LogP contribution < -0.4 is 4.74 Å². The number of aromatic amines is 1. The minimum atomic E-state index is 0.0318. The van der Waals surface area contributed by atoms with Gasteiger partial charge >= 0.3 is 0 Å². The quantitative estimate of drug-likeness (QED) is 0.714. The minimum absolute atomic E-state index is 0.0318. The van der Waals surface area contributed by atoms with E-state index in [2.05, 4.69) is 4.98 Å². The second-order valence-electron chi connectivity index (χ2n) is 4.23. The third-order valence-electron chi connectivity index (χ3n) is 2.78. The van der Waals surface area contributed by atoms with E-state index >= 15 is 0 Å². The van der Waals surface area contributed by atoms with Crippen LogP contribution in [0.4, 0.5) is 0 Å². The standard InChI is InChI=1S/C15H12N2O2S/c18-14-10-17(15(20)16-14)11-5-4-8-13(9-11)19-12-6-2-1-3-7-12/h1-10,18H,(H,16,20). The first-order valence-electron chi connectivity index (χ1n) is 6.06. The lowest BCUT2D eigenvalue weighted by atomic mass is 10.3. The Morgan fingerprint density at radius 3 is 2.45 bits per heavy atom. The fraction of sp³-hybridized carbons (Fsp3) is 0. The summed E-state index contributed by atoms with van der Waals surface area (Å²) in [5.41, 5.74) is 0.819. The van der Waals surface area contributed by atoms with Gasteiger partial charge < -0.3 is 14.8 Å². The van der Waals surface area contributed by atoms with Gasteiger partial charge in [0.05, 0.1) is 11.9 Å². The van der Waals surface area contributed by atoms with Crippen LogP contribution in [0.5, 0.6) is 17.4 Å². The molecule has 100 valence electrons. The molecule has 0 fully saturated rings. The smallest absolute Gasteiger partial charge is 0.207 e. The molecule has 5 heteroatoms. The number of H-pyrrole nitrogens is 1. The number of hydrogen-bond donors (Lipinski definition) is 2. The van der Waals surface area contributed by atoms with Crippen LogP contribution in [-0.4, -0.2) is 14.7 Å². The lowest BCUT2D eigenvalue weighted by Crippen LogP contribution is -1.92. The van der Waals surface area contributed by atoms with Crippen molar-refractivity contribution in [2.45, 2.75) is 0 Å². The van der Waals surface area contributed by atoms with Crippen molar-refractivity contribution in [3.63, 3.8) is 0 Å². The van der Waals surface area contributed by atoms with Gasteiger partial charge in [-0.25, -0.2) is 0 Å². The van der Waals surface area contributed by atoms with E-state index in [4.69, 9.17) is 17.0 Å². The second-order valence-corrected chi connectivity index (χ2v) is 4.61. The van der Waals surface area contributed by atoms with E-state index in [1.807, 2.05) is 54.6 Å². The highest BCUT2D eigenvalue weighted by Gasteiger charge is 2.03. The Morgan fingerprint density at radius 2 is 1.75 bits per heavy atom. The van der Waals surface area contributed by atoms with Crippen LogP contribution in [0.2, 0.25) is 0 Å². The molecule has 0 atom stereocenters. The number of para-hydroxylation sites is 1. The van der Waals surface area contributed by atoms with E-state index < -0.39 is 0 Å². The maximum absolute atomic E-state index is 9.43. The molecule has 3 rings (SSSR count). The Morgan fingerprint density at radius 1 is 1.00 bits per heavy atom. The number of hydrogen-bond acceptors (Lipinski definition) is 3. The summed E-state index contributed by atoms with van der Waals surface area (Å²) >= 11 is 5.13. The van der Waals surface area contributed by atoms with Crippen molar-refractivity contribution < 1.29 is 9.84 Å². The molecule has 4 nitrogen and oxygen atoms in total. The van der Waals surface area contributed by atoms with Crippen molar-refractivity contribution in [3.8, 4) is 23.1 Å². The summed E-state index contributed by atoms with van der Waals surface area (Å²) in [6.45, 7) is 0. The van der Waals surface area contributed by atoms with E-state index in [0.29, 0.717) is 10.5 Å². The van der Waals surface area contributed by atoms with Gasteiger partial charge in [-0.1, -0.05) is 24.3 Å². The Balaban J connectivity index is 1.94. The van der Waals surface area contributed by atoms with Gasteiger partial charge in [0.15, 0.2) is 4.77 Å². The van der Waals surface area contributed by atoms with Gasteiger partial charge in [0.25, 0.3) is 0 Å². The Labute approximate surface area is 120 Å². The van der Waals surface area contributed by atoms with E-state index in [1.54, 1.807) is 4.57 Å². The van der Waals surface area contributed by atoms with E-state index in [-0.39, 0.29) is 5.88 Å². The lowest BCUT2D eigenvalue weighted by molar-refractivity contribution is 0.456. The molecule has 0 aliphatic heterocycles. The van der Waals surface area contributed by atoms with Crippen molar-refractivity contribution in [2.75, 3.05) is 0 Å². The van der Waals surface area contributed by atoms with Crippen molar-refractivity contribution in [3.05, 3.63) is 65.6 Å². The Hall–Kier alpha value is -2.53. The van der Waals surface area contributed by atoms with Crippen LogP contribution in [0.15, 0.2) is 60.8 Å². The maximum Gasteiger partial charge on any atom is 0.207 e. The molecule has 0 aliphatic rings. The van der Waals surface area contributed by atoms with Crippen LogP contribution in [-0.2, 0) is 0 Å². The molecular formula is C15H12N2O2S. The van der Waals surface area contributed by atoms with Crippen LogP contribution in [0, 0.1) is 4.77 Å². The monoisotopic (exact) mass is 284 g/mol. The molecule has 0 saturated heterocycles. The molecule has 20 heavy (non-hydrogen) atoms. The molecular weight excluding hydrogens is 272 g/mol. The lowest BCUT2D eigenvalue weighted by Gasteiger charge is -2.08. The van der Waals surface area contributed by atoms with Crippen molar-refractivity contribution in [1.82, 2.24) is 9.55 Å². The minimum Gasteiger partial charge on any atom is -0.493 e. The van der Waals surface area contributed by atoms with Gasteiger partial charge in [-0.05, 0) is 36.5 Å². The number of benzene rings is 2. The fourth-order valence-electron chi connectivity index (χ4n) is 1.90. The molecule has 1 heterocycles. The first-order valence-corrected chi connectivity index (χ1v) is 6.47. The van der Waals surface area contributed by atoms with Gasteiger partial charge in [-0.15, -0.1) is 0 Å². The molecule has 0 amide bonds. The van der Waals surface area contributed by atoms with Gasteiger partial charge in [-0.3, -0.25) is 4.57 Å². The number of aromatic hydroxyl groups is 1. The highest BCUT2D eigenvalue weighted by molar-refractivity contribution is 7.71. The van der Waals surface area contributed by atoms with Gasteiger partial charge in [0.1, 0.15) is 11.5 Å². The van der Waals surface area contributed by atoms with Crippen LogP contribution in [0.3, 0.4) is 0 Å². The third-order valence-corrected chi connectivity index (χ3v) is 3.08. The zero-order valence-electron chi connectivity index (χ0n) is 10.5. The zero-order valence-corrected chi connectivity index (χ0v) is 11.3. The predicted molar refractivity (Wildman–Crippen MR) is 79.1 cm³/mol. The number of rotatable bonds is 3. The van der Waals surface area contributed by atoms with Crippen molar-refractivity contribution >= 4 is 12.2 Å². The van der Waals surface area contributed by atoms with Gasteiger partial charge in [0, 0.05) is 6.07 Å². The maximum atomic E-state index is 9.43. The average molecular weight is 284 g/mol.